The standard InChI is InChI=1S/C49H60N10O17.C4H10.C3H8.C2H6/c1-7-15-58(22-36(61)51-19-44(71)76-46-29-16-34-45-30(20-59(34)47(72)31(29)26-75-49(46)74)27(8-2)28-11-9-10-12-32(28)53-45)48(73)33(17-43(69)70)52-37(62)21-54(3)39(64)24-56(5)41(66)25-57(6)40(65)23-55(4)38(63)18-50-35(60)13-14-42(67)68;1-4(2)3;1-3-2;1-2/h9-12,16,33,46H,7-8,13-15,17-26H2,1-6H3,(H,50,60)(H,51,61)(H,52,62)(H,67,68)(H,69,70);4H,1-3H3;3H2,1-2H3;1-2H3/t33?,46-;;;/m0.../s1. The molecule has 3 aromatic rings. The Hall–Kier alpha value is -8.78. The van der Waals surface area contributed by atoms with Crippen molar-refractivity contribution < 1.29 is 77.2 Å². The molecule has 468 valence electrons. The van der Waals surface area contributed by atoms with Crippen LogP contribution < -0.4 is 21.5 Å². The highest BCUT2D eigenvalue weighted by molar-refractivity contribution is 5.96. The van der Waals surface area contributed by atoms with Crippen LogP contribution in [0.2, 0.25) is 0 Å². The fraction of sp³-hybridized carbons (Fsp3) is 0.552. The van der Waals surface area contributed by atoms with Crippen molar-refractivity contribution in [1.82, 2.24) is 50.0 Å². The van der Waals surface area contributed by atoms with Gasteiger partial charge in [-0.05, 0) is 36.5 Å². The minimum absolute atomic E-state index is 0.102. The molecule has 1 aromatic carbocycles. The minimum atomic E-state index is -1.73. The number of aromatic nitrogens is 2. The summed E-state index contributed by atoms with van der Waals surface area (Å²) in [5, 5.41) is 26.1. The number of likely N-dealkylation sites (N-methyl/N-ethyl adjacent to an activating group) is 4. The summed E-state index contributed by atoms with van der Waals surface area (Å²) in [5.74, 6) is -10.3. The number of esters is 2. The summed E-state index contributed by atoms with van der Waals surface area (Å²) in [6.45, 7) is 13.8. The quantitative estimate of drug-likeness (QED) is 0.0591. The fourth-order valence-electron chi connectivity index (χ4n) is 8.26. The van der Waals surface area contributed by atoms with E-state index in [1.807, 2.05) is 45.0 Å². The Morgan fingerprint density at radius 1 is 0.718 bits per heavy atom. The first-order valence-electron chi connectivity index (χ1n) is 28.1. The topological polar surface area (TPSA) is 351 Å². The summed E-state index contributed by atoms with van der Waals surface area (Å²) in [6.07, 6.45) is -1.20. The zero-order valence-corrected chi connectivity index (χ0v) is 51.1. The second-order valence-corrected chi connectivity index (χ2v) is 20.5. The van der Waals surface area contributed by atoms with E-state index in [0.717, 1.165) is 46.9 Å². The van der Waals surface area contributed by atoms with Crippen LogP contribution in [0.15, 0.2) is 35.1 Å². The average molecular weight is 1190 g/mol. The molecule has 0 fully saturated rings. The molecular formula is C58H84N10O17. The van der Waals surface area contributed by atoms with Gasteiger partial charge in [0.05, 0.1) is 81.1 Å². The van der Waals surface area contributed by atoms with Crippen LogP contribution >= 0.6 is 0 Å². The summed E-state index contributed by atoms with van der Waals surface area (Å²) >= 11 is 0. The Balaban J connectivity index is 0.00000257. The van der Waals surface area contributed by atoms with Gasteiger partial charge in [-0.25, -0.2) is 9.78 Å². The Kier molecular flexibility index (Phi) is 30.1. The number of benzene rings is 1. The second-order valence-electron chi connectivity index (χ2n) is 20.5. The molecule has 4 heterocycles. The molecule has 27 heteroatoms. The van der Waals surface area contributed by atoms with Gasteiger partial charge >= 0.3 is 23.9 Å². The van der Waals surface area contributed by atoms with Crippen molar-refractivity contribution in [2.75, 3.05) is 80.5 Å². The lowest BCUT2D eigenvalue weighted by Crippen LogP contribution is -2.54. The number of cyclic esters (lactones) is 1. The lowest BCUT2D eigenvalue weighted by molar-refractivity contribution is -0.171. The highest BCUT2D eigenvalue weighted by atomic mass is 16.6. The number of aliphatic carboxylic acids is 2. The predicted octanol–water partition coefficient (Wildman–Crippen LogP) is 1.86. The summed E-state index contributed by atoms with van der Waals surface area (Å²) in [6, 6.07) is 7.41. The number of carboxylic acid groups (broad SMARTS) is 2. The third-order valence-corrected chi connectivity index (χ3v) is 12.3. The molecule has 1 unspecified atom stereocenters. The molecule has 85 heavy (non-hydrogen) atoms. The van der Waals surface area contributed by atoms with Crippen LogP contribution in [0.5, 0.6) is 0 Å². The summed E-state index contributed by atoms with van der Waals surface area (Å²) in [7, 11) is 4.99. The number of nitrogens with zero attached hydrogens (tertiary/aromatic N) is 7. The van der Waals surface area contributed by atoms with Crippen molar-refractivity contribution in [2.24, 2.45) is 5.92 Å². The maximum Gasteiger partial charge on any atom is 0.352 e. The SMILES string of the molecule is CC.CC(C)C.CCC.CCCN(CC(=O)NCC(=O)O[C@@H]1C(=O)OCc2c1cc1n(c2=O)Cc2c-1nc1ccccc1c2CC)C(=O)C(CC(=O)O)NC(=O)CN(C)C(=O)CN(C)C(=O)CN(C)C(=O)CN(C)C(=O)CNC(=O)CCC(=O)O. The van der Waals surface area contributed by atoms with Crippen LogP contribution in [0, 0.1) is 5.92 Å². The van der Waals surface area contributed by atoms with Gasteiger partial charge in [-0.3, -0.25) is 57.5 Å². The monoisotopic (exact) mass is 1190 g/mol. The molecule has 27 nitrogen and oxygen atoms in total. The number of amides is 8. The third-order valence-electron chi connectivity index (χ3n) is 12.3. The number of carbonyl (C=O) groups is 12. The van der Waals surface area contributed by atoms with E-state index in [9.17, 15) is 67.4 Å². The number of pyridine rings is 2. The van der Waals surface area contributed by atoms with Crippen LogP contribution in [-0.4, -0.2) is 202 Å². The van der Waals surface area contributed by atoms with Gasteiger partial charge in [-0.1, -0.05) is 86.9 Å². The van der Waals surface area contributed by atoms with E-state index in [2.05, 4.69) is 50.6 Å². The number of aryl methyl sites for hydroxylation is 1. The molecule has 2 aromatic heterocycles. The van der Waals surface area contributed by atoms with Gasteiger partial charge in [-0.15, -0.1) is 0 Å². The van der Waals surface area contributed by atoms with E-state index in [1.54, 1.807) is 13.0 Å². The number of para-hydroxylation sites is 1. The van der Waals surface area contributed by atoms with E-state index in [-0.39, 0.29) is 43.7 Å². The van der Waals surface area contributed by atoms with Gasteiger partial charge in [0.1, 0.15) is 19.2 Å². The number of carboxylic acids is 2. The van der Waals surface area contributed by atoms with E-state index >= 15 is 0 Å². The summed E-state index contributed by atoms with van der Waals surface area (Å²) < 4.78 is 12.3. The Labute approximate surface area is 494 Å². The first-order valence-corrected chi connectivity index (χ1v) is 28.1. The molecule has 5 rings (SSSR count). The molecule has 5 N–H and O–H groups in total. The van der Waals surface area contributed by atoms with Gasteiger partial charge in [0.25, 0.3) is 5.56 Å². The maximum atomic E-state index is 13.8. The van der Waals surface area contributed by atoms with Crippen molar-refractivity contribution >= 4 is 82.0 Å². The van der Waals surface area contributed by atoms with Crippen molar-refractivity contribution in [3.05, 3.63) is 62.9 Å². The molecule has 0 radical (unpaired) electrons. The van der Waals surface area contributed by atoms with Crippen molar-refractivity contribution in [1.29, 1.82) is 0 Å². The normalized spacial score (nSPS) is 12.6. The van der Waals surface area contributed by atoms with Crippen LogP contribution in [0.25, 0.3) is 22.3 Å². The number of ether oxygens (including phenoxy) is 2. The molecular weight excluding hydrogens is 1110 g/mol. The molecule has 8 amide bonds. The molecule has 0 aliphatic carbocycles. The van der Waals surface area contributed by atoms with E-state index in [4.69, 9.17) is 19.6 Å². The average Bonchev–Trinajstić information content (AvgIpc) is 1.69. The fourth-order valence-corrected chi connectivity index (χ4v) is 8.26. The summed E-state index contributed by atoms with van der Waals surface area (Å²) in [4.78, 5) is 175. The number of carbonyl (C=O) groups excluding carboxylic acids is 10. The Morgan fingerprint density at radius 3 is 1.80 bits per heavy atom. The Morgan fingerprint density at radius 2 is 1.26 bits per heavy atom. The third kappa shape index (κ3) is 22.1. The van der Waals surface area contributed by atoms with Crippen LogP contribution in [0.1, 0.15) is 123 Å². The molecule has 2 aliphatic rings. The number of hydrogen-bond acceptors (Lipinski definition) is 16. The number of nitrogens with one attached hydrogen (secondary N) is 3. The van der Waals surface area contributed by atoms with E-state index in [0.29, 0.717) is 23.3 Å². The highest BCUT2D eigenvalue weighted by Gasteiger charge is 2.38. The zero-order chi connectivity index (χ0) is 64.4. The summed E-state index contributed by atoms with van der Waals surface area (Å²) in [5.41, 5.74) is 3.32. The molecule has 2 aliphatic heterocycles. The lowest BCUT2D eigenvalue weighted by atomic mass is 9.97. The van der Waals surface area contributed by atoms with Gasteiger partial charge in [-0.2, -0.15) is 0 Å². The molecule has 2 atom stereocenters. The molecule has 0 bridgehead atoms. The molecule has 0 saturated heterocycles. The van der Waals surface area contributed by atoms with Gasteiger partial charge in [0.15, 0.2) is 0 Å². The van der Waals surface area contributed by atoms with Crippen LogP contribution in [-0.2, 0) is 86.6 Å². The van der Waals surface area contributed by atoms with Crippen molar-refractivity contribution in [2.45, 2.75) is 126 Å². The zero-order valence-electron chi connectivity index (χ0n) is 51.1. The maximum absolute atomic E-state index is 13.8. The number of fused-ring (bicyclic) bond motifs is 5. The largest absolute Gasteiger partial charge is 0.481 e. The van der Waals surface area contributed by atoms with Gasteiger partial charge in [0, 0.05) is 57.7 Å². The second kappa shape index (κ2) is 35.4. The van der Waals surface area contributed by atoms with Crippen LogP contribution in [0.3, 0.4) is 0 Å². The van der Waals surface area contributed by atoms with E-state index in [1.165, 1.54) is 39.2 Å². The lowest BCUT2D eigenvalue weighted by Gasteiger charge is -2.28. The van der Waals surface area contributed by atoms with Crippen molar-refractivity contribution in [3.63, 3.8) is 0 Å². The predicted molar refractivity (Wildman–Crippen MR) is 311 cm³/mol. The minimum Gasteiger partial charge on any atom is -0.481 e. The first-order chi connectivity index (χ1) is 40.1. The molecule has 0 saturated carbocycles. The number of rotatable bonds is 25. The van der Waals surface area contributed by atoms with E-state index < -0.39 is 147 Å². The van der Waals surface area contributed by atoms with Crippen molar-refractivity contribution in [3.8, 4) is 11.4 Å². The van der Waals surface area contributed by atoms with Gasteiger partial charge in [0.2, 0.25) is 53.4 Å². The molecule has 0 spiro atoms. The smallest absolute Gasteiger partial charge is 0.352 e. The number of hydrogen-bond donors (Lipinski definition) is 5. The van der Waals surface area contributed by atoms with Gasteiger partial charge < -0.3 is 64.7 Å². The van der Waals surface area contributed by atoms with Crippen LogP contribution in [0.4, 0.5) is 0 Å². The Bertz CT molecular complexity index is 2980. The first kappa shape index (κ1) is 72.3. The highest BCUT2D eigenvalue weighted by Crippen LogP contribution is 2.38.